The van der Waals surface area contributed by atoms with Crippen LogP contribution in [0.4, 0.5) is 5.00 Å². The molecule has 0 bridgehead atoms. The van der Waals surface area contributed by atoms with Gasteiger partial charge in [0.25, 0.3) is 0 Å². The maximum Gasteiger partial charge on any atom is 0.341 e. The molecule has 0 saturated heterocycles. The number of esters is 1. The lowest BCUT2D eigenvalue weighted by molar-refractivity contribution is -0.122. The Morgan fingerprint density at radius 3 is 2.46 bits per heavy atom. The molecule has 0 radical (unpaired) electrons. The molecule has 2 N–H and O–H groups in total. The third-order valence-corrected chi connectivity index (χ3v) is 5.94. The SMILES string of the molecule is COC(=O)c1c(N[C@@H](NC(=O)CC(C)C)C(Cl)(Cl)Cl)sc2c1CCCC2. The number of carbonyl (C=O) groups excluding carboxylic acids is 2. The van der Waals surface area contributed by atoms with Gasteiger partial charge in [-0.1, -0.05) is 48.7 Å². The lowest BCUT2D eigenvalue weighted by Gasteiger charge is -2.27. The molecule has 5 nitrogen and oxygen atoms in total. The van der Waals surface area contributed by atoms with E-state index in [0.717, 1.165) is 36.1 Å². The zero-order valence-corrected chi connectivity index (χ0v) is 18.0. The van der Waals surface area contributed by atoms with Crippen LogP contribution < -0.4 is 10.6 Å². The Bertz CT molecular complexity index is 671. The number of alkyl halides is 3. The molecule has 1 amide bonds. The number of anilines is 1. The summed E-state index contributed by atoms with van der Waals surface area (Å²) in [5, 5.41) is 6.32. The van der Waals surface area contributed by atoms with Crippen molar-refractivity contribution in [3.05, 3.63) is 16.0 Å². The van der Waals surface area contributed by atoms with E-state index >= 15 is 0 Å². The predicted molar refractivity (Wildman–Crippen MR) is 108 cm³/mol. The molecule has 1 aromatic rings. The molecule has 26 heavy (non-hydrogen) atoms. The lowest BCUT2D eigenvalue weighted by Crippen LogP contribution is -2.49. The van der Waals surface area contributed by atoms with E-state index < -0.39 is 15.9 Å². The van der Waals surface area contributed by atoms with E-state index in [4.69, 9.17) is 39.5 Å². The first-order valence-electron chi connectivity index (χ1n) is 8.49. The Balaban J connectivity index is 2.31. The molecule has 1 aromatic heterocycles. The molecular weight excluding hydrogens is 419 g/mol. The van der Waals surface area contributed by atoms with Gasteiger partial charge in [-0.15, -0.1) is 11.3 Å². The maximum absolute atomic E-state index is 12.3. The highest BCUT2D eigenvalue weighted by Crippen LogP contribution is 2.40. The molecule has 0 unspecified atom stereocenters. The van der Waals surface area contributed by atoms with E-state index in [9.17, 15) is 9.59 Å². The van der Waals surface area contributed by atoms with Crippen LogP contribution >= 0.6 is 46.1 Å². The number of amides is 1. The van der Waals surface area contributed by atoms with Crippen LogP contribution in [0.3, 0.4) is 0 Å². The van der Waals surface area contributed by atoms with Gasteiger partial charge in [0, 0.05) is 11.3 Å². The van der Waals surface area contributed by atoms with Gasteiger partial charge in [0.15, 0.2) is 0 Å². The molecule has 9 heteroatoms. The maximum atomic E-state index is 12.3. The normalized spacial score (nSPS) is 15.3. The minimum Gasteiger partial charge on any atom is -0.465 e. The summed E-state index contributed by atoms with van der Waals surface area (Å²) in [5.41, 5.74) is 1.47. The van der Waals surface area contributed by atoms with Gasteiger partial charge in [0.1, 0.15) is 11.2 Å². The van der Waals surface area contributed by atoms with Gasteiger partial charge >= 0.3 is 5.97 Å². The van der Waals surface area contributed by atoms with Crippen LogP contribution in [0.1, 0.15) is 53.9 Å². The van der Waals surface area contributed by atoms with Crippen LogP contribution in [0.5, 0.6) is 0 Å². The predicted octanol–water partition coefficient (Wildman–Crippen LogP) is 4.68. The van der Waals surface area contributed by atoms with E-state index in [1.54, 1.807) is 0 Å². The monoisotopic (exact) mass is 440 g/mol. The van der Waals surface area contributed by atoms with Crippen LogP contribution in [0.25, 0.3) is 0 Å². The van der Waals surface area contributed by atoms with Crippen LogP contribution in [-0.4, -0.2) is 28.9 Å². The molecule has 0 aliphatic heterocycles. The molecule has 0 aromatic carbocycles. The topological polar surface area (TPSA) is 67.4 Å². The number of rotatable bonds is 6. The van der Waals surface area contributed by atoms with Gasteiger partial charge in [0.2, 0.25) is 9.70 Å². The van der Waals surface area contributed by atoms with Crippen molar-refractivity contribution >= 4 is 63.0 Å². The lowest BCUT2D eigenvalue weighted by atomic mass is 9.95. The summed E-state index contributed by atoms with van der Waals surface area (Å²) in [5.74, 6) is -0.487. The Hall–Kier alpha value is -0.690. The zero-order valence-electron chi connectivity index (χ0n) is 15.0. The van der Waals surface area contributed by atoms with Crippen molar-refractivity contribution in [2.24, 2.45) is 5.92 Å². The first kappa shape index (κ1) is 21.6. The molecule has 1 heterocycles. The summed E-state index contributed by atoms with van der Waals surface area (Å²) in [4.78, 5) is 25.6. The minimum absolute atomic E-state index is 0.172. The second kappa shape index (κ2) is 9.00. The highest BCUT2D eigenvalue weighted by Gasteiger charge is 2.36. The number of nitrogens with one attached hydrogen (secondary N) is 2. The smallest absolute Gasteiger partial charge is 0.341 e. The number of aryl methyl sites for hydroxylation is 1. The van der Waals surface area contributed by atoms with Gasteiger partial charge in [-0.2, -0.15) is 0 Å². The number of fused-ring (bicyclic) bond motifs is 1. The molecule has 0 spiro atoms. The van der Waals surface area contributed by atoms with Crippen molar-refractivity contribution in [1.82, 2.24) is 5.32 Å². The second-order valence-electron chi connectivity index (χ2n) is 6.69. The van der Waals surface area contributed by atoms with Crippen LogP contribution in [0.15, 0.2) is 0 Å². The van der Waals surface area contributed by atoms with E-state index in [1.165, 1.54) is 18.4 Å². The number of carbonyl (C=O) groups is 2. The molecule has 146 valence electrons. The fourth-order valence-electron chi connectivity index (χ4n) is 2.91. The summed E-state index contributed by atoms with van der Waals surface area (Å²) in [7, 11) is 1.34. The first-order valence-corrected chi connectivity index (χ1v) is 10.4. The number of hydrogen-bond acceptors (Lipinski definition) is 5. The third kappa shape index (κ3) is 5.41. The Morgan fingerprint density at radius 2 is 1.88 bits per heavy atom. The number of hydrogen-bond donors (Lipinski definition) is 2. The fraction of sp³-hybridized carbons (Fsp3) is 0.647. The summed E-state index contributed by atoms with van der Waals surface area (Å²) < 4.78 is 3.16. The molecular formula is C17H23Cl3N2O3S. The highest BCUT2D eigenvalue weighted by molar-refractivity contribution is 7.16. The van der Waals surface area contributed by atoms with Gasteiger partial charge in [-0.3, -0.25) is 4.79 Å². The third-order valence-electron chi connectivity index (χ3n) is 4.06. The fourth-order valence-corrected chi connectivity index (χ4v) is 4.54. The average Bonchev–Trinajstić information content (AvgIpc) is 2.89. The summed E-state index contributed by atoms with van der Waals surface area (Å²) in [6.45, 7) is 3.86. The van der Waals surface area contributed by atoms with Crippen LogP contribution in [0, 0.1) is 5.92 Å². The van der Waals surface area contributed by atoms with Gasteiger partial charge in [0.05, 0.1) is 12.7 Å². The minimum atomic E-state index is -1.79. The summed E-state index contributed by atoms with van der Waals surface area (Å²) in [6.07, 6.45) is 3.16. The molecule has 1 aliphatic carbocycles. The first-order chi connectivity index (χ1) is 12.1. The Kier molecular flexibility index (Phi) is 7.48. The number of halogens is 3. The van der Waals surface area contributed by atoms with Crippen molar-refractivity contribution in [3.63, 3.8) is 0 Å². The van der Waals surface area contributed by atoms with Crippen molar-refractivity contribution in [3.8, 4) is 0 Å². The zero-order chi connectivity index (χ0) is 19.5. The number of ether oxygens (including phenoxy) is 1. The van der Waals surface area contributed by atoms with Crippen molar-refractivity contribution in [2.75, 3.05) is 12.4 Å². The van der Waals surface area contributed by atoms with Crippen molar-refractivity contribution < 1.29 is 14.3 Å². The van der Waals surface area contributed by atoms with Crippen molar-refractivity contribution in [1.29, 1.82) is 0 Å². The van der Waals surface area contributed by atoms with E-state index in [2.05, 4.69) is 10.6 Å². The quantitative estimate of drug-likeness (QED) is 0.382. The van der Waals surface area contributed by atoms with Gasteiger partial charge < -0.3 is 15.4 Å². The average molecular weight is 442 g/mol. The van der Waals surface area contributed by atoms with E-state index in [0.29, 0.717) is 17.0 Å². The highest BCUT2D eigenvalue weighted by atomic mass is 35.6. The second-order valence-corrected chi connectivity index (χ2v) is 10.2. The van der Waals surface area contributed by atoms with Gasteiger partial charge in [-0.25, -0.2) is 4.79 Å². The molecule has 0 saturated carbocycles. The molecule has 1 atom stereocenters. The molecule has 0 fully saturated rings. The number of methoxy groups -OCH3 is 1. The van der Waals surface area contributed by atoms with Crippen LogP contribution in [-0.2, 0) is 22.4 Å². The Labute approximate surface area is 172 Å². The largest absolute Gasteiger partial charge is 0.465 e. The Morgan fingerprint density at radius 1 is 1.23 bits per heavy atom. The molecule has 2 rings (SSSR count). The van der Waals surface area contributed by atoms with E-state index in [1.807, 2.05) is 13.8 Å². The van der Waals surface area contributed by atoms with Crippen LogP contribution in [0.2, 0.25) is 0 Å². The standard InChI is InChI=1S/C17H23Cl3N2O3S/c1-9(2)8-12(23)21-16(17(18,19)20)22-14-13(15(24)25-3)10-6-4-5-7-11(10)26-14/h9,16,22H,4-8H2,1-3H3,(H,21,23)/t16-/m1/s1. The van der Waals surface area contributed by atoms with E-state index in [-0.39, 0.29) is 11.8 Å². The molecule has 1 aliphatic rings. The summed E-state index contributed by atoms with van der Waals surface area (Å²) in [6, 6.07) is 0. The summed E-state index contributed by atoms with van der Waals surface area (Å²) >= 11 is 19.6. The number of thiophene rings is 1. The van der Waals surface area contributed by atoms with Crippen molar-refractivity contribution in [2.45, 2.75) is 55.9 Å². The van der Waals surface area contributed by atoms with Gasteiger partial charge in [-0.05, 0) is 37.2 Å².